The number of benzene rings is 1. The molecule has 1 rings (SSSR count). The third-order valence-electron chi connectivity index (χ3n) is 2.88. The van der Waals surface area contributed by atoms with Crippen LogP contribution in [0, 0.1) is 5.41 Å². The molecule has 0 bridgehead atoms. The first-order chi connectivity index (χ1) is 8.90. The van der Waals surface area contributed by atoms with E-state index in [2.05, 4.69) is 18.0 Å². The maximum atomic E-state index is 7.85. The Bertz CT molecular complexity index is 506. The van der Waals surface area contributed by atoms with Crippen LogP contribution >= 0.6 is 11.6 Å². The molecule has 0 radical (unpaired) electrons. The van der Waals surface area contributed by atoms with Crippen molar-refractivity contribution in [3.63, 3.8) is 0 Å². The molecular weight excluding hydrogens is 262 g/mol. The van der Waals surface area contributed by atoms with Crippen LogP contribution in [0.25, 0.3) is 0 Å². The molecule has 1 aromatic carbocycles. The summed E-state index contributed by atoms with van der Waals surface area (Å²) >= 11 is 6.32. The number of anilines is 1. The highest BCUT2D eigenvalue weighted by Gasteiger charge is 2.15. The number of rotatable bonds is 3. The summed E-state index contributed by atoms with van der Waals surface area (Å²) in [4.78, 5) is 5.32. The molecule has 0 fully saturated rings. The molecule has 5 N–H and O–H groups in total. The van der Waals surface area contributed by atoms with E-state index in [4.69, 9.17) is 28.5 Å². The predicted molar refractivity (Wildman–Crippen MR) is 82.1 cm³/mol. The fourth-order valence-corrected chi connectivity index (χ4v) is 2.26. The summed E-state index contributed by atoms with van der Waals surface area (Å²) in [6, 6.07) is 4.01. The molecule has 0 spiro atoms. The van der Waals surface area contributed by atoms with Crippen LogP contribution in [0.5, 0.6) is 0 Å². The van der Waals surface area contributed by atoms with Gasteiger partial charge in [-0.1, -0.05) is 31.5 Å². The lowest BCUT2D eigenvalue weighted by Crippen LogP contribution is -2.31. The molecule has 0 aromatic heterocycles. The second kappa shape index (κ2) is 6.43. The zero-order valence-electron chi connectivity index (χ0n) is 11.5. The van der Waals surface area contributed by atoms with Gasteiger partial charge in [-0.3, -0.25) is 5.41 Å². The number of nitrogens with one attached hydrogen (secondary N) is 1. The van der Waals surface area contributed by atoms with E-state index in [0.29, 0.717) is 5.02 Å². The average molecular weight is 282 g/mol. The van der Waals surface area contributed by atoms with E-state index < -0.39 is 0 Å². The Balaban J connectivity index is 3.26. The topological polar surface area (TPSA) is 91.5 Å². The largest absolute Gasteiger partial charge is 0.370 e. The number of aryl methyl sites for hydroxylation is 2. The molecule has 19 heavy (non-hydrogen) atoms. The Hall–Kier alpha value is -1.75. The van der Waals surface area contributed by atoms with Crippen molar-refractivity contribution in [2.24, 2.45) is 16.5 Å². The molecule has 0 amide bonds. The van der Waals surface area contributed by atoms with Gasteiger partial charge in [0.1, 0.15) is 0 Å². The van der Waals surface area contributed by atoms with Gasteiger partial charge in [-0.2, -0.15) is 4.99 Å². The van der Waals surface area contributed by atoms with Gasteiger partial charge in [-0.05, 0) is 30.0 Å². The number of guanidine groups is 2. The van der Waals surface area contributed by atoms with Gasteiger partial charge in [0.2, 0.25) is 5.96 Å². The van der Waals surface area contributed by atoms with Gasteiger partial charge in [-0.25, -0.2) is 0 Å². The van der Waals surface area contributed by atoms with E-state index in [0.717, 1.165) is 24.1 Å². The van der Waals surface area contributed by atoms with E-state index >= 15 is 0 Å². The fourth-order valence-electron chi connectivity index (χ4n) is 1.87. The fraction of sp³-hybridized carbons (Fsp3) is 0.385. The first kappa shape index (κ1) is 15.3. The van der Waals surface area contributed by atoms with Crippen molar-refractivity contribution in [1.82, 2.24) is 0 Å². The summed E-state index contributed by atoms with van der Waals surface area (Å²) in [5.74, 6) is -0.183. The molecule has 0 unspecified atom stereocenters. The molecule has 5 nitrogen and oxygen atoms in total. The maximum Gasteiger partial charge on any atom is 0.225 e. The predicted octanol–water partition coefficient (Wildman–Crippen LogP) is 2.11. The third-order valence-corrected chi connectivity index (χ3v) is 3.17. The van der Waals surface area contributed by atoms with Gasteiger partial charge in [0, 0.05) is 7.05 Å². The van der Waals surface area contributed by atoms with Crippen LogP contribution in [0.4, 0.5) is 5.69 Å². The van der Waals surface area contributed by atoms with Gasteiger partial charge in [0.25, 0.3) is 0 Å². The van der Waals surface area contributed by atoms with Gasteiger partial charge >= 0.3 is 0 Å². The van der Waals surface area contributed by atoms with Crippen LogP contribution < -0.4 is 16.4 Å². The van der Waals surface area contributed by atoms with Crippen molar-refractivity contribution >= 4 is 29.2 Å². The number of aliphatic imine (C=N–C) groups is 1. The minimum absolute atomic E-state index is 0.0409. The number of hydrogen-bond acceptors (Lipinski definition) is 1. The Labute approximate surface area is 118 Å². The maximum absolute atomic E-state index is 7.85. The van der Waals surface area contributed by atoms with Gasteiger partial charge < -0.3 is 16.4 Å². The molecule has 0 atom stereocenters. The lowest BCUT2D eigenvalue weighted by molar-refractivity contribution is 1.06. The summed E-state index contributed by atoms with van der Waals surface area (Å²) in [5.41, 5.74) is 13.6. The van der Waals surface area contributed by atoms with E-state index in [1.807, 2.05) is 13.0 Å². The van der Waals surface area contributed by atoms with Crippen LogP contribution in [-0.4, -0.2) is 19.0 Å². The molecule has 0 saturated carbocycles. The van der Waals surface area contributed by atoms with Crippen LogP contribution in [0.3, 0.4) is 0 Å². The quantitative estimate of drug-likeness (QED) is 0.585. The molecule has 0 aliphatic rings. The van der Waals surface area contributed by atoms with Crippen LogP contribution in [0.1, 0.15) is 25.0 Å². The molecule has 0 heterocycles. The summed E-state index contributed by atoms with van der Waals surface area (Å²) in [7, 11) is 1.72. The van der Waals surface area contributed by atoms with Gasteiger partial charge in [0.15, 0.2) is 5.96 Å². The normalized spacial score (nSPS) is 10.1. The summed E-state index contributed by atoms with van der Waals surface area (Å²) in [6.07, 6.45) is 1.74. The van der Waals surface area contributed by atoms with E-state index in [9.17, 15) is 0 Å². The number of halogens is 1. The van der Waals surface area contributed by atoms with E-state index in [-0.39, 0.29) is 11.9 Å². The van der Waals surface area contributed by atoms with Crippen molar-refractivity contribution in [3.8, 4) is 0 Å². The Morgan fingerprint density at radius 1 is 1.32 bits per heavy atom. The van der Waals surface area contributed by atoms with Gasteiger partial charge in [-0.15, -0.1) is 0 Å². The second-order valence-electron chi connectivity index (χ2n) is 4.21. The molecule has 104 valence electrons. The standard InChI is InChI=1S/C13H20ClN5/c1-4-8-6-9(5-2)11(10(14)7-8)19(3)13(17)18-12(15)16/h6-7H,4-5H2,1-3H3,(H5,15,16,17,18). The molecule has 6 heteroatoms. The second-order valence-corrected chi connectivity index (χ2v) is 4.62. The zero-order valence-corrected chi connectivity index (χ0v) is 12.3. The molecule has 1 aromatic rings. The van der Waals surface area contributed by atoms with Crippen LogP contribution in [-0.2, 0) is 12.8 Å². The lowest BCUT2D eigenvalue weighted by Gasteiger charge is -2.22. The van der Waals surface area contributed by atoms with Crippen LogP contribution in [0.15, 0.2) is 17.1 Å². The SMILES string of the molecule is CCc1cc(Cl)c(N(C)C(=N)N=C(N)N)c(CC)c1. The highest BCUT2D eigenvalue weighted by Crippen LogP contribution is 2.31. The van der Waals surface area contributed by atoms with Crippen LogP contribution in [0.2, 0.25) is 5.02 Å². The summed E-state index contributed by atoms with van der Waals surface area (Å²) in [6.45, 7) is 4.13. The highest BCUT2D eigenvalue weighted by atomic mass is 35.5. The molecule has 0 aliphatic heterocycles. The number of hydrogen-bond donors (Lipinski definition) is 3. The summed E-state index contributed by atoms with van der Waals surface area (Å²) < 4.78 is 0. The zero-order chi connectivity index (χ0) is 14.6. The minimum atomic E-state index is -0.142. The lowest BCUT2D eigenvalue weighted by atomic mass is 10.0. The van der Waals surface area contributed by atoms with Gasteiger partial charge in [0.05, 0.1) is 10.7 Å². The van der Waals surface area contributed by atoms with E-state index in [1.165, 1.54) is 5.56 Å². The molecule has 0 saturated heterocycles. The highest BCUT2D eigenvalue weighted by molar-refractivity contribution is 6.34. The average Bonchev–Trinajstić information content (AvgIpc) is 2.35. The van der Waals surface area contributed by atoms with Crippen molar-refractivity contribution in [2.45, 2.75) is 26.7 Å². The van der Waals surface area contributed by atoms with Crippen molar-refractivity contribution in [1.29, 1.82) is 5.41 Å². The summed E-state index contributed by atoms with van der Waals surface area (Å²) in [5, 5.41) is 8.46. The first-order valence-corrected chi connectivity index (χ1v) is 6.51. The number of nitrogens with zero attached hydrogens (tertiary/aromatic N) is 2. The van der Waals surface area contributed by atoms with Crippen molar-refractivity contribution < 1.29 is 0 Å². The number of nitrogens with two attached hydrogens (primary N) is 2. The molecular formula is C13H20ClN5. The van der Waals surface area contributed by atoms with E-state index in [1.54, 1.807) is 11.9 Å². The smallest absolute Gasteiger partial charge is 0.225 e. The van der Waals surface area contributed by atoms with Crippen molar-refractivity contribution in [3.05, 3.63) is 28.3 Å². The minimum Gasteiger partial charge on any atom is -0.370 e. The Morgan fingerprint density at radius 3 is 2.42 bits per heavy atom. The Morgan fingerprint density at radius 2 is 1.95 bits per heavy atom. The Kier molecular flexibility index (Phi) is 5.18. The van der Waals surface area contributed by atoms with Crippen molar-refractivity contribution in [2.75, 3.05) is 11.9 Å². The first-order valence-electron chi connectivity index (χ1n) is 6.13. The third kappa shape index (κ3) is 3.61. The monoisotopic (exact) mass is 281 g/mol. The molecule has 0 aliphatic carbocycles.